The van der Waals surface area contributed by atoms with Crippen LogP contribution >= 0.6 is 0 Å². The zero-order chi connectivity index (χ0) is 16.3. The lowest BCUT2D eigenvalue weighted by molar-refractivity contribution is -0.129. The van der Waals surface area contributed by atoms with Crippen LogP contribution in [-0.2, 0) is 4.79 Å². The first-order chi connectivity index (χ1) is 10.4. The molecule has 0 atom stereocenters. The lowest BCUT2D eigenvalue weighted by atomic mass is 10.2. The first-order valence-electron chi connectivity index (χ1n) is 6.83. The Labute approximate surface area is 129 Å². The molecule has 0 aliphatic heterocycles. The highest BCUT2D eigenvalue weighted by molar-refractivity contribution is 5.93. The Kier molecular flexibility index (Phi) is 4.55. The average molecular weight is 301 g/mol. The summed E-state index contributed by atoms with van der Waals surface area (Å²) in [5.74, 6) is -0.480. The van der Waals surface area contributed by atoms with E-state index < -0.39 is 0 Å². The summed E-state index contributed by atoms with van der Waals surface area (Å²) < 4.78 is 1.54. The lowest BCUT2D eigenvalue weighted by Crippen LogP contribution is -2.38. The molecule has 116 valence electrons. The van der Waals surface area contributed by atoms with E-state index in [1.807, 2.05) is 31.2 Å². The van der Waals surface area contributed by atoms with E-state index in [-0.39, 0.29) is 24.2 Å². The Balaban J connectivity index is 2.14. The van der Waals surface area contributed by atoms with Gasteiger partial charge in [-0.15, -0.1) is 5.10 Å². The molecule has 0 bridgehead atoms. The van der Waals surface area contributed by atoms with Crippen LogP contribution in [-0.4, -0.2) is 64.1 Å². The minimum absolute atomic E-state index is 0.00911. The van der Waals surface area contributed by atoms with E-state index in [1.165, 1.54) is 16.1 Å². The van der Waals surface area contributed by atoms with Gasteiger partial charge >= 0.3 is 0 Å². The van der Waals surface area contributed by atoms with Crippen LogP contribution in [0.1, 0.15) is 16.2 Å². The third-order valence-corrected chi connectivity index (χ3v) is 3.17. The van der Waals surface area contributed by atoms with Gasteiger partial charge in [-0.1, -0.05) is 12.1 Å². The average Bonchev–Trinajstić information content (AvgIpc) is 2.96. The van der Waals surface area contributed by atoms with Crippen molar-refractivity contribution in [3.05, 3.63) is 42.0 Å². The highest BCUT2D eigenvalue weighted by Gasteiger charge is 2.19. The number of hydrogen-bond acceptors (Lipinski definition) is 4. The van der Waals surface area contributed by atoms with E-state index in [2.05, 4.69) is 10.1 Å². The van der Waals surface area contributed by atoms with Gasteiger partial charge in [-0.25, -0.2) is 9.67 Å². The second kappa shape index (κ2) is 6.38. The summed E-state index contributed by atoms with van der Waals surface area (Å²) in [5.41, 5.74) is 1.92. The van der Waals surface area contributed by atoms with Gasteiger partial charge in [0.05, 0.1) is 12.2 Å². The van der Waals surface area contributed by atoms with Crippen LogP contribution < -0.4 is 0 Å². The lowest BCUT2D eigenvalue weighted by Gasteiger charge is -2.17. The summed E-state index contributed by atoms with van der Waals surface area (Å²) in [6, 6.07) is 7.72. The predicted molar refractivity (Wildman–Crippen MR) is 81.8 cm³/mol. The van der Waals surface area contributed by atoms with Crippen LogP contribution in [0.15, 0.2) is 30.6 Å². The number of benzene rings is 1. The minimum Gasteiger partial charge on any atom is -0.347 e. The molecule has 2 aromatic rings. The Morgan fingerprint density at radius 2 is 1.95 bits per heavy atom. The van der Waals surface area contributed by atoms with Crippen molar-refractivity contribution in [1.82, 2.24) is 24.6 Å². The van der Waals surface area contributed by atoms with Gasteiger partial charge < -0.3 is 9.80 Å². The van der Waals surface area contributed by atoms with Crippen LogP contribution in [0.4, 0.5) is 0 Å². The van der Waals surface area contributed by atoms with Crippen molar-refractivity contribution in [1.29, 1.82) is 0 Å². The smallest absolute Gasteiger partial charge is 0.293 e. The third-order valence-electron chi connectivity index (χ3n) is 3.17. The molecule has 7 nitrogen and oxygen atoms in total. The number of aryl methyl sites for hydroxylation is 1. The summed E-state index contributed by atoms with van der Waals surface area (Å²) in [7, 11) is 4.84. The van der Waals surface area contributed by atoms with Crippen LogP contribution in [0.5, 0.6) is 0 Å². The number of likely N-dealkylation sites (N-methyl/N-ethyl adjacent to an activating group) is 2. The highest BCUT2D eigenvalue weighted by Crippen LogP contribution is 2.09. The van der Waals surface area contributed by atoms with Crippen molar-refractivity contribution in [2.75, 3.05) is 27.7 Å². The molecule has 0 aliphatic carbocycles. The largest absolute Gasteiger partial charge is 0.347 e. The molecule has 0 spiro atoms. The quantitative estimate of drug-likeness (QED) is 0.835. The molecule has 1 heterocycles. The fourth-order valence-electron chi connectivity index (χ4n) is 1.84. The highest BCUT2D eigenvalue weighted by atomic mass is 16.2. The van der Waals surface area contributed by atoms with Crippen LogP contribution in [0.25, 0.3) is 5.69 Å². The predicted octanol–water partition coefficient (Wildman–Crippen LogP) is 0.736. The summed E-state index contributed by atoms with van der Waals surface area (Å²) >= 11 is 0. The molecule has 7 heteroatoms. The molecular formula is C15H19N5O2. The SMILES string of the molecule is Cc1cccc(-n2cnc(C(=O)N(C)CC(=O)N(C)C)n2)c1. The number of aromatic nitrogens is 3. The van der Waals surface area contributed by atoms with Gasteiger partial charge in [0.25, 0.3) is 5.91 Å². The van der Waals surface area contributed by atoms with E-state index in [0.29, 0.717) is 0 Å². The Morgan fingerprint density at radius 1 is 1.23 bits per heavy atom. The van der Waals surface area contributed by atoms with Gasteiger partial charge in [0, 0.05) is 21.1 Å². The Bertz CT molecular complexity index is 693. The number of amides is 2. The number of carbonyl (C=O) groups is 2. The molecule has 22 heavy (non-hydrogen) atoms. The van der Waals surface area contributed by atoms with Gasteiger partial charge in [0.2, 0.25) is 11.7 Å². The summed E-state index contributed by atoms with van der Waals surface area (Å²) in [5, 5.41) is 4.18. The van der Waals surface area contributed by atoms with E-state index >= 15 is 0 Å². The second-order valence-corrected chi connectivity index (χ2v) is 5.30. The van der Waals surface area contributed by atoms with E-state index in [1.54, 1.807) is 25.8 Å². The monoisotopic (exact) mass is 301 g/mol. The van der Waals surface area contributed by atoms with E-state index in [9.17, 15) is 9.59 Å². The molecule has 2 amide bonds. The molecule has 1 aromatic heterocycles. The van der Waals surface area contributed by atoms with Gasteiger partial charge in [-0.05, 0) is 24.6 Å². The number of rotatable bonds is 4. The standard InChI is InChI=1S/C15H19N5O2/c1-11-6-5-7-12(8-11)20-10-16-14(17-20)15(22)19(4)9-13(21)18(2)3/h5-8,10H,9H2,1-4H3. The van der Waals surface area contributed by atoms with Crippen molar-refractivity contribution < 1.29 is 9.59 Å². The molecule has 0 fully saturated rings. The van der Waals surface area contributed by atoms with Crippen molar-refractivity contribution in [3.8, 4) is 5.69 Å². The Morgan fingerprint density at radius 3 is 2.59 bits per heavy atom. The van der Waals surface area contributed by atoms with E-state index in [4.69, 9.17) is 0 Å². The fourth-order valence-corrected chi connectivity index (χ4v) is 1.84. The Hall–Kier alpha value is -2.70. The number of hydrogen-bond donors (Lipinski definition) is 0. The maximum Gasteiger partial charge on any atom is 0.293 e. The maximum atomic E-state index is 12.2. The fraction of sp³-hybridized carbons (Fsp3) is 0.333. The molecule has 0 aliphatic rings. The van der Waals surface area contributed by atoms with Crippen LogP contribution in [0, 0.1) is 6.92 Å². The first kappa shape index (κ1) is 15.7. The van der Waals surface area contributed by atoms with Gasteiger partial charge in [-0.3, -0.25) is 9.59 Å². The van der Waals surface area contributed by atoms with E-state index in [0.717, 1.165) is 11.3 Å². The van der Waals surface area contributed by atoms with Crippen molar-refractivity contribution in [3.63, 3.8) is 0 Å². The summed E-state index contributed by atoms with van der Waals surface area (Å²) in [4.78, 5) is 30.6. The van der Waals surface area contributed by atoms with Gasteiger partial charge in [0.15, 0.2) is 0 Å². The summed E-state index contributed by atoms with van der Waals surface area (Å²) in [6.45, 7) is 1.97. The summed E-state index contributed by atoms with van der Waals surface area (Å²) in [6.07, 6.45) is 1.49. The zero-order valence-corrected chi connectivity index (χ0v) is 13.1. The molecule has 0 unspecified atom stereocenters. The van der Waals surface area contributed by atoms with Crippen molar-refractivity contribution in [2.45, 2.75) is 6.92 Å². The van der Waals surface area contributed by atoms with Crippen molar-refractivity contribution in [2.24, 2.45) is 0 Å². The topological polar surface area (TPSA) is 71.3 Å². The van der Waals surface area contributed by atoms with Crippen molar-refractivity contribution >= 4 is 11.8 Å². The van der Waals surface area contributed by atoms with Gasteiger partial charge in [0.1, 0.15) is 6.33 Å². The molecular weight excluding hydrogens is 282 g/mol. The molecule has 0 N–H and O–H groups in total. The molecule has 1 aromatic carbocycles. The van der Waals surface area contributed by atoms with Gasteiger partial charge in [-0.2, -0.15) is 0 Å². The van der Waals surface area contributed by atoms with Crippen LogP contribution in [0.3, 0.4) is 0 Å². The molecule has 2 rings (SSSR count). The number of carbonyl (C=O) groups excluding carboxylic acids is 2. The maximum absolute atomic E-state index is 12.2. The molecule has 0 saturated carbocycles. The molecule has 0 radical (unpaired) electrons. The minimum atomic E-state index is -0.387. The number of nitrogens with zero attached hydrogens (tertiary/aromatic N) is 5. The van der Waals surface area contributed by atoms with Crippen LogP contribution in [0.2, 0.25) is 0 Å². The zero-order valence-electron chi connectivity index (χ0n) is 13.1. The third kappa shape index (κ3) is 3.49. The second-order valence-electron chi connectivity index (χ2n) is 5.30. The normalized spacial score (nSPS) is 10.4. The first-order valence-corrected chi connectivity index (χ1v) is 6.83. The molecule has 0 saturated heterocycles.